The summed E-state index contributed by atoms with van der Waals surface area (Å²) in [5, 5.41) is 0. The molecule has 0 saturated heterocycles. The SMILES string of the molecule is C=CC1(C2(C=C)CC2)CC=CC1. The molecule has 1 saturated carbocycles. The van der Waals surface area contributed by atoms with Gasteiger partial charge in [-0.1, -0.05) is 24.3 Å². The van der Waals surface area contributed by atoms with Crippen LogP contribution in [0.5, 0.6) is 0 Å². The van der Waals surface area contributed by atoms with Crippen LogP contribution in [0.2, 0.25) is 0 Å². The molecule has 0 atom stereocenters. The van der Waals surface area contributed by atoms with Gasteiger partial charge in [0.05, 0.1) is 0 Å². The molecule has 2 aliphatic rings. The molecular formula is C12H16. The molecule has 0 aromatic heterocycles. The number of allylic oxidation sites excluding steroid dienone is 4. The minimum Gasteiger partial charge on any atom is -0.102 e. The van der Waals surface area contributed by atoms with Gasteiger partial charge in [-0.15, -0.1) is 13.2 Å². The maximum absolute atomic E-state index is 3.98. The fourth-order valence-corrected chi connectivity index (χ4v) is 2.49. The van der Waals surface area contributed by atoms with Crippen LogP contribution in [-0.4, -0.2) is 0 Å². The third kappa shape index (κ3) is 0.782. The molecule has 0 amide bonds. The average Bonchev–Trinajstić information content (AvgIpc) is 2.78. The summed E-state index contributed by atoms with van der Waals surface area (Å²) in [6.07, 6.45) is 13.8. The van der Waals surface area contributed by atoms with Gasteiger partial charge in [0, 0.05) is 5.41 Å². The second kappa shape index (κ2) is 2.35. The van der Waals surface area contributed by atoms with Crippen LogP contribution in [0.3, 0.4) is 0 Å². The van der Waals surface area contributed by atoms with Crippen LogP contribution in [0.15, 0.2) is 37.5 Å². The zero-order valence-corrected chi connectivity index (χ0v) is 7.55. The maximum Gasteiger partial charge on any atom is 0.00387 e. The Morgan fingerprint density at radius 3 is 1.75 bits per heavy atom. The van der Waals surface area contributed by atoms with Crippen molar-refractivity contribution in [2.24, 2.45) is 10.8 Å². The lowest BCUT2D eigenvalue weighted by atomic mass is 9.70. The van der Waals surface area contributed by atoms with E-state index in [1.54, 1.807) is 0 Å². The fraction of sp³-hybridized carbons (Fsp3) is 0.500. The monoisotopic (exact) mass is 160 g/mol. The Morgan fingerprint density at radius 1 is 0.917 bits per heavy atom. The Bertz CT molecular complexity index is 233. The molecule has 2 aliphatic carbocycles. The second-order valence-electron chi connectivity index (χ2n) is 4.10. The van der Waals surface area contributed by atoms with Gasteiger partial charge in [0.15, 0.2) is 0 Å². The molecular weight excluding hydrogens is 144 g/mol. The lowest BCUT2D eigenvalue weighted by Crippen LogP contribution is -2.25. The summed E-state index contributed by atoms with van der Waals surface area (Å²) in [6.45, 7) is 7.94. The largest absolute Gasteiger partial charge is 0.102 e. The molecule has 0 aromatic rings. The van der Waals surface area contributed by atoms with Crippen molar-refractivity contribution >= 4 is 0 Å². The van der Waals surface area contributed by atoms with E-state index in [9.17, 15) is 0 Å². The molecule has 64 valence electrons. The van der Waals surface area contributed by atoms with Crippen LogP contribution in [0.1, 0.15) is 25.7 Å². The first-order chi connectivity index (χ1) is 5.79. The van der Waals surface area contributed by atoms with Crippen LogP contribution >= 0.6 is 0 Å². The summed E-state index contributed by atoms with van der Waals surface area (Å²) in [7, 11) is 0. The van der Waals surface area contributed by atoms with Gasteiger partial charge in [0.2, 0.25) is 0 Å². The van der Waals surface area contributed by atoms with E-state index in [0.29, 0.717) is 10.8 Å². The van der Waals surface area contributed by atoms with E-state index in [0.717, 1.165) is 0 Å². The Labute approximate surface area is 74.7 Å². The maximum atomic E-state index is 3.98. The first-order valence-corrected chi connectivity index (χ1v) is 4.71. The molecule has 1 fully saturated rings. The standard InChI is InChI=1S/C12H16/c1-3-11(7-5-6-8-11)12(4-2)9-10-12/h3-6H,1-2,7-10H2. The summed E-state index contributed by atoms with van der Waals surface area (Å²) in [5.74, 6) is 0. The van der Waals surface area contributed by atoms with Crippen LogP contribution in [0, 0.1) is 10.8 Å². The molecule has 0 unspecified atom stereocenters. The van der Waals surface area contributed by atoms with Crippen LogP contribution in [-0.2, 0) is 0 Å². The molecule has 0 aromatic carbocycles. The lowest BCUT2D eigenvalue weighted by molar-refractivity contribution is 0.275. The molecule has 12 heavy (non-hydrogen) atoms. The van der Waals surface area contributed by atoms with Gasteiger partial charge < -0.3 is 0 Å². The summed E-state index contributed by atoms with van der Waals surface area (Å²) in [6, 6.07) is 0. The van der Waals surface area contributed by atoms with Gasteiger partial charge >= 0.3 is 0 Å². The van der Waals surface area contributed by atoms with Crippen molar-refractivity contribution in [3.63, 3.8) is 0 Å². The normalized spacial score (nSPS) is 28.3. The third-order valence-electron chi connectivity index (χ3n) is 3.69. The Balaban J connectivity index is 2.28. The van der Waals surface area contributed by atoms with E-state index >= 15 is 0 Å². The Morgan fingerprint density at radius 2 is 1.42 bits per heavy atom. The van der Waals surface area contributed by atoms with Crippen molar-refractivity contribution in [2.75, 3.05) is 0 Å². The van der Waals surface area contributed by atoms with E-state index in [2.05, 4.69) is 37.5 Å². The van der Waals surface area contributed by atoms with E-state index in [1.165, 1.54) is 25.7 Å². The van der Waals surface area contributed by atoms with Gasteiger partial charge in [0.1, 0.15) is 0 Å². The number of rotatable bonds is 3. The predicted octanol–water partition coefficient (Wildman–Crippen LogP) is 3.48. The highest BCUT2D eigenvalue weighted by Gasteiger charge is 2.55. The third-order valence-corrected chi connectivity index (χ3v) is 3.69. The summed E-state index contributed by atoms with van der Waals surface area (Å²) >= 11 is 0. The molecule has 0 nitrogen and oxygen atoms in total. The van der Waals surface area contributed by atoms with E-state index in [4.69, 9.17) is 0 Å². The van der Waals surface area contributed by atoms with Crippen LogP contribution in [0.4, 0.5) is 0 Å². The molecule has 0 aliphatic heterocycles. The predicted molar refractivity (Wildman–Crippen MR) is 52.9 cm³/mol. The highest BCUT2D eigenvalue weighted by molar-refractivity contribution is 5.26. The van der Waals surface area contributed by atoms with E-state index < -0.39 is 0 Å². The van der Waals surface area contributed by atoms with E-state index in [1.807, 2.05) is 0 Å². The molecule has 0 spiro atoms. The molecule has 0 N–H and O–H groups in total. The van der Waals surface area contributed by atoms with Crippen molar-refractivity contribution in [1.29, 1.82) is 0 Å². The zero-order chi connectivity index (χ0) is 8.66. The minimum atomic E-state index is 0.328. The summed E-state index contributed by atoms with van der Waals surface area (Å²) in [4.78, 5) is 0. The van der Waals surface area contributed by atoms with Gasteiger partial charge in [-0.05, 0) is 31.1 Å². The molecule has 0 radical (unpaired) electrons. The van der Waals surface area contributed by atoms with Crippen molar-refractivity contribution in [3.8, 4) is 0 Å². The molecule has 2 rings (SSSR count). The Kier molecular flexibility index (Phi) is 1.54. The summed E-state index contributed by atoms with van der Waals surface area (Å²) < 4.78 is 0. The second-order valence-corrected chi connectivity index (χ2v) is 4.10. The van der Waals surface area contributed by atoms with Crippen molar-refractivity contribution in [3.05, 3.63) is 37.5 Å². The lowest BCUT2D eigenvalue weighted by Gasteiger charge is -2.33. The van der Waals surface area contributed by atoms with Crippen molar-refractivity contribution in [1.82, 2.24) is 0 Å². The van der Waals surface area contributed by atoms with E-state index in [-0.39, 0.29) is 0 Å². The summed E-state index contributed by atoms with van der Waals surface area (Å²) in [5.41, 5.74) is 0.729. The molecule has 0 heteroatoms. The highest BCUT2D eigenvalue weighted by Crippen LogP contribution is 2.64. The minimum absolute atomic E-state index is 0.328. The van der Waals surface area contributed by atoms with Crippen molar-refractivity contribution < 1.29 is 0 Å². The smallest absolute Gasteiger partial charge is 0.00387 e. The van der Waals surface area contributed by atoms with Crippen LogP contribution < -0.4 is 0 Å². The fourth-order valence-electron chi connectivity index (χ4n) is 2.49. The number of hydrogen-bond donors (Lipinski definition) is 0. The first-order valence-electron chi connectivity index (χ1n) is 4.71. The molecule has 0 bridgehead atoms. The molecule has 0 heterocycles. The highest BCUT2D eigenvalue weighted by atomic mass is 14.6. The van der Waals surface area contributed by atoms with Crippen LogP contribution in [0.25, 0.3) is 0 Å². The topological polar surface area (TPSA) is 0 Å². The van der Waals surface area contributed by atoms with Gasteiger partial charge in [-0.3, -0.25) is 0 Å². The first kappa shape index (κ1) is 7.85. The Hall–Kier alpha value is -0.780. The van der Waals surface area contributed by atoms with Gasteiger partial charge in [-0.2, -0.15) is 0 Å². The van der Waals surface area contributed by atoms with Gasteiger partial charge in [-0.25, -0.2) is 0 Å². The number of hydrogen-bond acceptors (Lipinski definition) is 0. The average molecular weight is 160 g/mol. The van der Waals surface area contributed by atoms with Gasteiger partial charge in [0.25, 0.3) is 0 Å². The zero-order valence-electron chi connectivity index (χ0n) is 7.55. The van der Waals surface area contributed by atoms with Crippen molar-refractivity contribution in [2.45, 2.75) is 25.7 Å². The quantitative estimate of drug-likeness (QED) is 0.554.